The van der Waals surface area contributed by atoms with E-state index < -0.39 is 17.4 Å². The van der Waals surface area contributed by atoms with E-state index in [1.165, 1.54) is 175 Å². The first-order chi connectivity index (χ1) is 45.2. The molecule has 0 saturated heterocycles. The number of rotatable bonds is 10. The fraction of sp³-hybridized carbons (Fsp3) is 0.0667. The molecular formula is C90H66SiZr. The van der Waals surface area contributed by atoms with Crippen molar-refractivity contribution in [2.75, 3.05) is 0 Å². The van der Waals surface area contributed by atoms with Gasteiger partial charge in [0.05, 0.1) is 0 Å². The topological polar surface area (TPSA) is 0 Å². The number of benzene rings is 16. The molecule has 2 atom stereocenters. The van der Waals surface area contributed by atoms with Crippen molar-refractivity contribution in [2.45, 2.75) is 29.4 Å². The Bertz CT molecular complexity index is 5350. The molecule has 2 unspecified atom stereocenters. The molecule has 0 amide bonds. The molecule has 92 heavy (non-hydrogen) atoms. The van der Waals surface area contributed by atoms with Crippen molar-refractivity contribution in [3.63, 3.8) is 0 Å². The second kappa shape index (κ2) is 21.4. The molecule has 0 aliphatic heterocycles. The summed E-state index contributed by atoms with van der Waals surface area (Å²) in [5, 5.41) is 20.4. The summed E-state index contributed by atoms with van der Waals surface area (Å²) < 4.78 is 6.00. The summed E-state index contributed by atoms with van der Waals surface area (Å²) in [6.07, 6.45) is 7.18. The van der Waals surface area contributed by atoms with Crippen molar-refractivity contribution in [3.8, 4) is 44.5 Å². The van der Waals surface area contributed by atoms with Crippen LogP contribution in [0.5, 0.6) is 0 Å². The summed E-state index contributed by atoms with van der Waals surface area (Å²) in [7, 11) is 0. The molecule has 2 aliphatic carbocycles. The molecule has 434 valence electrons. The maximum atomic E-state index is 2.91. The van der Waals surface area contributed by atoms with Crippen LogP contribution in [0.3, 0.4) is 0 Å². The SMILES string of the molecule is [CH3][Zr]([CH3])(=[SiH2])([CH]1C(Cc2ccccc2)=Cc2c(-c3c4ccccc4cc4ccccc34)ccc(-c3c4ccccc4cc4ccccc34)c21)[CH]1C(Cc2ccccc2)=Cc2c(-c3c4ccccc4cc4ccccc34)ccc(-c3c4ccccc4cc4ccccc34)c21. The monoisotopic (exact) mass is 1260 g/mol. The van der Waals surface area contributed by atoms with Crippen LogP contribution in [0.4, 0.5) is 0 Å². The Hall–Kier alpha value is -9.82. The van der Waals surface area contributed by atoms with Gasteiger partial charge in [0.15, 0.2) is 0 Å². The minimum absolute atomic E-state index is 0.0909. The van der Waals surface area contributed by atoms with Crippen molar-refractivity contribution < 1.29 is 17.4 Å². The van der Waals surface area contributed by atoms with Crippen LogP contribution in [-0.4, -0.2) is 6.88 Å². The summed E-state index contributed by atoms with van der Waals surface area (Å²) in [4.78, 5) is 0. The molecule has 0 spiro atoms. The van der Waals surface area contributed by atoms with E-state index in [9.17, 15) is 0 Å². The predicted octanol–water partition coefficient (Wildman–Crippen LogP) is 24.0. The van der Waals surface area contributed by atoms with Gasteiger partial charge in [0.2, 0.25) is 0 Å². The zero-order chi connectivity index (χ0) is 61.3. The number of hydrogen-bond acceptors (Lipinski definition) is 0. The Labute approximate surface area is 540 Å². The van der Waals surface area contributed by atoms with Crippen LogP contribution >= 0.6 is 0 Å². The molecule has 0 heterocycles. The molecule has 0 nitrogen and oxygen atoms in total. The van der Waals surface area contributed by atoms with Gasteiger partial charge in [-0.25, -0.2) is 0 Å². The van der Waals surface area contributed by atoms with E-state index in [2.05, 4.69) is 332 Å². The Morgan fingerprint density at radius 2 is 0.478 bits per heavy atom. The van der Waals surface area contributed by atoms with Gasteiger partial charge in [0.25, 0.3) is 0 Å². The van der Waals surface area contributed by atoms with Gasteiger partial charge >= 0.3 is 544 Å². The summed E-state index contributed by atoms with van der Waals surface area (Å²) >= 11 is -4.99. The molecule has 0 aromatic heterocycles. The Balaban J connectivity index is 1.01. The first-order valence-corrected chi connectivity index (χ1v) is 46.4. The van der Waals surface area contributed by atoms with Crippen LogP contribution in [0, 0.1) is 0 Å². The predicted molar refractivity (Wildman–Crippen MR) is 397 cm³/mol. The fourth-order valence-corrected chi connectivity index (χ4v) is 36.9. The van der Waals surface area contributed by atoms with Crippen molar-refractivity contribution in [2.24, 2.45) is 0 Å². The van der Waals surface area contributed by atoms with Gasteiger partial charge in [-0.05, 0) is 0 Å². The summed E-state index contributed by atoms with van der Waals surface area (Å²) in [6.45, 7) is 2.52. The molecule has 16 aromatic carbocycles. The van der Waals surface area contributed by atoms with Crippen molar-refractivity contribution >= 4 is 105 Å². The second-order valence-electron chi connectivity index (χ2n) is 27.3. The molecular weight excluding hydrogens is 1200 g/mol. The van der Waals surface area contributed by atoms with Crippen LogP contribution in [0.2, 0.25) is 9.26 Å². The maximum absolute atomic E-state index is 4.99. The molecule has 2 aliphatic rings. The van der Waals surface area contributed by atoms with Crippen molar-refractivity contribution in [1.82, 2.24) is 0 Å². The molecule has 0 fully saturated rings. The Kier molecular flexibility index (Phi) is 12.8. The van der Waals surface area contributed by atoms with Gasteiger partial charge in [-0.1, -0.05) is 0 Å². The van der Waals surface area contributed by atoms with Gasteiger partial charge in [-0.15, -0.1) is 0 Å². The average Bonchev–Trinajstić information content (AvgIpc) is 1.47. The third-order valence-electron chi connectivity index (χ3n) is 21.1. The van der Waals surface area contributed by atoms with Gasteiger partial charge in [-0.3, -0.25) is 0 Å². The van der Waals surface area contributed by atoms with Crippen LogP contribution in [-0.2, 0) is 30.2 Å². The van der Waals surface area contributed by atoms with E-state index >= 15 is 0 Å². The molecule has 16 aromatic rings. The average molecular weight is 1270 g/mol. The van der Waals surface area contributed by atoms with Crippen molar-refractivity contribution in [3.05, 3.63) is 348 Å². The van der Waals surface area contributed by atoms with E-state index in [4.69, 9.17) is 0 Å². The van der Waals surface area contributed by atoms with E-state index in [1.54, 1.807) is 0 Å². The normalized spacial score (nSPS) is 14.9. The first kappa shape index (κ1) is 55.1. The van der Waals surface area contributed by atoms with Crippen LogP contribution in [0.15, 0.2) is 314 Å². The molecule has 0 radical (unpaired) electrons. The first-order valence-electron chi connectivity index (χ1n) is 32.7. The van der Waals surface area contributed by atoms with E-state index in [0.717, 1.165) is 12.8 Å². The number of allylic oxidation sites excluding steroid dienone is 2. The third-order valence-corrected chi connectivity index (χ3v) is 38.5. The zero-order valence-corrected chi connectivity index (χ0v) is 55.7. The molecule has 0 saturated carbocycles. The van der Waals surface area contributed by atoms with Gasteiger partial charge in [0.1, 0.15) is 0 Å². The molecule has 0 N–H and O–H groups in total. The van der Waals surface area contributed by atoms with Crippen LogP contribution in [0.25, 0.3) is 143 Å². The second-order valence-corrected chi connectivity index (χ2v) is 57.8. The number of hydrogen-bond donors (Lipinski definition) is 0. The van der Waals surface area contributed by atoms with Crippen molar-refractivity contribution in [1.29, 1.82) is 0 Å². The number of fused-ring (bicyclic) bond motifs is 10. The summed E-state index contributed by atoms with van der Waals surface area (Å²) in [6, 6.07) is 116. The van der Waals surface area contributed by atoms with Crippen LogP contribution in [0.1, 0.15) is 40.6 Å². The van der Waals surface area contributed by atoms with Crippen LogP contribution < -0.4 is 0 Å². The minimum atomic E-state index is -4.99. The quantitative estimate of drug-likeness (QED) is 0.0946. The van der Waals surface area contributed by atoms with E-state index in [-0.39, 0.29) is 7.25 Å². The standard InChI is InChI=1S/2C44H29.2CH3.H2Si.Zr/c2*1-2-12-29(13-3-1)24-30-25-41-39(43-35-18-8-4-14-31(35)27-32-15-5-9-19-36(32)43)22-23-40(42(41)26-30)44-37-20-10-6-16-33(37)28-34-17-7-11-21-38(34)44;;;;/h2*1-23,25-28H,24H2;2*1H3;1H2;. The molecule has 0 bridgehead atoms. The van der Waals surface area contributed by atoms with Gasteiger partial charge < -0.3 is 0 Å². The third kappa shape index (κ3) is 8.71. The Morgan fingerprint density at radius 3 is 0.739 bits per heavy atom. The van der Waals surface area contributed by atoms with E-state index in [0.29, 0.717) is 0 Å². The molecule has 2 heteroatoms. The summed E-state index contributed by atoms with van der Waals surface area (Å²) in [5.74, 6) is 0. The van der Waals surface area contributed by atoms with Gasteiger partial charge in [0, 0.05) is 0 Å². The molecule has 18 rings (SSSR count). The fourth-order valence-electron chi connectivity index (χ4n) is 17.5. The Morgan fingerprint density at radius 1 is 0.261 bits per heavy atom. The zero-order valence-electron chi connectivity index (χ0n) is 51.8. The summed E-state index contributed by atoms with van der Waals surface area (Å²) in [5.41, 5.74) is 22.1. The van der Waals surface area contributed by atoms with Gasteiger partial charge in [-0.2, -0.15) is 0 Å². The van der Waals surface area contributed by atoms with E-state index in [1.807, 2.05) is 0 Å².